The van der Waals surface area contributed by atoms with Gasteiger partial charge in [0.2, 0.25) is 0 Å². The Bertz CT molecular complexity index is 1130. The molecular formula is C30H57N7O8+2. The number of carbonyl (C=O) groups is 3. The van der Waals surface area contributed by atoms with Gasteiger partial charge in [-0.3, -0.25) is 19.2 Å². The van der Waals surface area contributed by atoms with Crippen molar-refractivity contribution in [2.45, 2.75) is 76.3 Å². The topological polar surface area (TPSA) is 228 Å². The summed E-state index contributed by atoms with van der Waals surface area (Å²) in [6, 6.07) is 1.37. The number of nitrogens with one attached hydrogen (secondary N) is 3. The molecule has 15 nitrogen and oxygen atoms in total. The van der Waals surface area contributed by atoms with Crippen LogP contribution in [0.5, 0.6) is 0 Å². The Morgan fingerprint density at radius 1 is 0.822 bits per heavy atom. The maximum absolute atomic E-state index is 12.3. The monoisotopic (exact) mass is 643 g/mol. The number of aliphatic hydroxyl groups is 4. The second-order valence-corrected chi connectivity index (χ2v) is 13.1. The van der Waals surface area contributed by atoms with Crippen LogP contribution in [0.4, 0.5) is 0 Å². The van der Waals surface area contributed by atoms with E-state index in [2.05, 4.69) is 20.6 Å². The summed E-state index contributed by atoms with van der Waals surface area (Å²) in [6.45, 7) is 5.87. The Balaban J connectivity index is 2.32. The van der Waals surface area contributed by atoms with Crippen LogP contribution in [0, 0.1) is 6.92 Å². The summed E-state index contributed by atoms with van der Waals surface area (Å²) in [4.78, 5) is 55.1. The second-order valence-electron chi connectivity index (χ2n) is 13.1. The van der Waals surface area contributed by atoms with Gasteiger partial charge in [0.05, 0.1) is 60.8 Å². The Labute approximate surface area is 266 Å². The van der Waals surface area contributed by atoms with Gasteiger partial charge in [-0.1, -0.05) is 0 Å². The van der Waals surface area contributed by atoms with Gasteiger partial charge in [-0.15, -0.1) is 0 Å². The first kappa shape index (κ1) is 40.2. The van der Waals surface area contributed by atoms with Crippen molar-refractivity contribution >= 4 is 17.6 Å². The molecular weight excluding hydrogens is 586 g/mol. The number of quaternary nitrogens is 2. The number of carbonyl (C=O) groups excluding carboxylic acids is 3. The number of H-pyrrole nitrogens is 1. The van der Waals surface area contributed by atoms with Crippen LogP contribution in [-0.4, -0.2) is 155 Å². The molecule has 0 unspecified atom stereocenters. The van der Waals surface area contributed by atoms with Crippen LogP contribution in [0.15, 0.2) is 10.9 Å². The van der Waals surface area contributed by atoms with Crippen molar-refractivity contribution in [3.05, 3.63) is 27.9 Å². The second kappa shape index (κ2) is 19.7. The number of aliphatic hydroxyl groups excluding tert-OH is 4. The van der Waals surface area contributed by atoms with E-state index in [4.69, 9.17) is 5.73 Å². The van der Waals surface area contributed by atoms with Crippen LogP contribution in [0.3, 0.4) is 0 Å². The fraction of sp³-hybridized carbons (Fsp3) is 0.767. The number of aryl methyl sites for hydroxylation is 1. The van der Waals surface area contributed by atoms with Gasteiger partial charge in [-0.25, -0.2) is 4.98 Å². The SMILES string of the molecule is Cc1cc(=O)[nH]c(CC(=O)CCCC[N+](C)(C)CCCNC(=O)[C@H](O)[C@@H](O)[C@@H](O)[C@H](O)C(=O)NCCC[N+](C)(C)CCCN)n1. The molecule has 1 aromatic rings. The smallest absolute Gasteiger partial charge is 0.251 e. The molecule has 0 spiro atoms. The minimum Gasteiger partial charge on any atom is -0.387 e. The van der Waals surface area contributed by atoms with E-state index in [9.17, 15) is 39.6 Å². The van der Waals surface area contributed by atoms with Crippen LogP contribution in [0.2, 0.25) is 0 Å². The summed E-state index contributed by atoms with van der Waals surface area (Å²) in [6.07, 6.45) is -4.21. The lowest BCUT2D eigenvalue weighted by atomic mass is 10.0. The van der Waals surface area contributed by atoms with Crippen molar-refractivity contribution in [3.8, 4) is 0 Å². The number of rotatable bonds is 23. The summed E-state index contributed by atoms with van der Waals surface area (Å²) in [5, 5.41) is 45.8. The first-order valence-corrected chi connectivity index (χ1v) is 15.7. The quantitative estimate of drug-likeness (QED) is 0.0455. The fourth-order valence-corrected chi connectivity index (χ4v) is 4.94. The van der Waals surface area contributed by atoms with Gasteiger partial charge in [0.15, 0.2) is 12.2 Å². The molecule has 2 amide bonds. The highest BCUT2D eigenvalue weighted by atomic mass is 16.4. The van der Waals surface area contributed by atoms with Gasteiger partial charge in [0.25, 0.3) is 17.4 Å². The molecule has 0 aliphatic carbocycles. The maximum Gasteiger partial charge on any atom is 0.251 e. The zero-order valence-electron chi connectivity index (χ0n) is 27.6. The summed E-state index contributed by atoms with van der Waals surface area (Å²) < 4.78 is 1.35. The molecule has 4 atom stereocenters. The van der Waals surface area contributed by atoms with Crippen molar-refractivity contribution in [1.29, 1.82) is 0 Å². The first-order valence-electron chi connectivity index (χ1n) is 15.7. The highest BCUT2D eigenvalue weighted by Crippen LogP contribution is 2.09. The number of nitrogens with zero attached hydrogens (tertiary/aromatic N) is 3. The molecule has 9 N–H and O–H groups in total. The van der Waals surface area contributed by atoms with E-state index in [0.717, 1.165) is 37.0 Å². The van der Waals surface area contributed by atoms with E-state index >= 15 is 0 Å². The van der Waals surface area contributed by atoms with Gasteiger partial charge < -0.3 is 50.7 Å². The maximum atomic E-state index is 12.3. The van der Waals surface area contributed by atoms with Gasteiger partial charge >= 0.3 is 0 Å². The van der Waals surface area contributed by atoms with Crippen LogP contribution in [0.25, 0.3) is 0 Å². The van der Waals surface area contributed by atoms with Crippen molar-refractivity contribution in [3.63, 3.8) is 0 Å². The third-order valence-electron chi connectivity index (χ3n) is 7.73. The number of nitrogens with two attached hydrogens (primary N) is 1. The average Bonchev–Trinajstić information content (AvgIpc) is 2.96. The summed E-state index contributed by atoms with van der Waals surface area (Å²) in [7, 11) is 8.14. The van der Waals surface area contributed by atoms with E-state index in [1.54, 1.807) is 6.92 Å². The van der Waals surface area contributed by atoms with Crippen LogP contribution in [0.1, 0.15) is 50.0 Å². The number of hydrogen-bond donors (Lipinski definition) is 8. The number of unbranched alkanes of at least 4 members (excludes halogenated alkanes) is 1. The number of aromatic nitrogens is 2. The Morgan fingerprint density at radius 2 is 1.29 bits per heavy atom. The van der Waals surface area contributed by atoms with Crippen LogP contribution >= 0.6 is 0 Å². The molecule has 0 fully saturated rings. The molecule has 1 heterocycles. The highest BCUT2D eigenvalue weighted by molar-refractivity contribution is 5.83. The van der Waals surface area contributed by atoms with Crippen molar-refractivity contribution in [1.82, 2.24) is 20.6 Å². The lowest BCUT2D eigenvalue weighted by molar-refractivity contribution is -0.890. The average molecular weight is 644 g/mol. The summed E-state index contributed by atoms with van der Waals surface area (Å²) in [5.41, 5.74) is 5.84. The lowest BCUT2D eigenvalue weighted by Gasteiger charge is -2.30. The van der Waals surface area contributed by atoms with Gasteiger partial charge in [0.1, 0.15) is 23.8 Å². The number of ketones is 1. The molecule has 0 saturated carbocycles. The molecule has 15 heteroatoms. The van der Waals surface area contributed by atoms with Gasteiger partial charge in [-0.2, -0.15) is 0 Å². The largest absolute Gasteiger partial charge is 0.387 e. The van der Waals surface area contributed by atoms with Crippen LogP contribution in [-0.2, 0) is 20.8 Å². The van der Waals surface area contributed by atoms with Crippen LogP contribution < -0.4 is 21.9 Å². The van der Waals surface area contributed by atoms with E-state index in [1.807, 2.05) is 28.2 Å². The predicted octanol–water partition coefficient (Wildman–Crippen LogP) is -2.68. The minimum atomic E-state index is -2.07. The van der Waals surface area contributed by atoms with Crippen molar-refractivity contribution < 1.29 is 43.8 Å². The molecule has 258 valence electrons. The summed E-state index contributed by atoms with van der Waals surface area (Å²) >= 11 is 0. The number of aromatic amines is 1. The molecule has 1 aromatic heterocycles. The van der Waals surface area contributed by atoms with E-state index in [1.165, 1.54) is 6.07 Å². The Hall–Kier alpha value is -2.79. The minimum absolute atomic E-state index is 0.00371. The Morgan fingerprint density at radius 3 is 1.76 bits per heavy atom. The highest BCUT2D eigenvalue weighted by Gasteiger charge is 2.37. The predicted molar refractivity (Wildman–Crippen MR) is 169 cm³/mol. The van der Waals surface area contributed by atoms with Gasteiger partial charge in [-0.05, 0) is 26.3 Å². The molecule has 0 saturated heterocycles. The van der Waals surface area contributed by atoms with Crippen molar-refractivity contribution in [2.75, 3.05) is 74.0 Å². The van der Waals surface area contributed by atoms with Crippen molar-refractivity contribution in [2.24, 2.45) is 5.73 Å². The number of amides is 2. The summed E-state index contributed by atoms with van der Waals surface area (Å²) in [5.74, 6) is -1.47. The molecule has 45 heavy (non-hydrogen) atoms. The molecule has 0 aliphatic rings. The normalized spacial score (nSPS) is 14.8. The Kier molecular flexibility index (Phi) is 17.6. The molecule has 0 bridgehead atoms. The standard InChI is InChI=1S/C30H55N7O8/c1-21-19-24(39)35-23(34-21)20-22(38)11-6-7-15-36(2,3)17-9-13-32-29(44)27(42)25(40)26(41)28(43)30(45)33-14-10-18-37(4,5)16-8-12-31/h19,25-28,40-43H,6-18,20,31H2,1-5H3,(H-2,32,33,34,35,39,44,45)/p+2/t25-,26+,27+,28-/m0/s1. The van der Waals surface area contributed by atoms with E-state index < -0.39 is 36.2 Å². The third-order valence-corrected chi connectivity index (χ3v) is 7.73. The number of Topliss-reactive ketones (excluding diaryl/α,β-unsaturated/α-hetero) is 1. The fourth-order valence-electron chi connectivity index (χ4n) is 4.94. The van der Waals surface area contributed by atoms with Gasteiger partial charge in [0, 0.05) is 50.5 Å². The zero-order valence-corrected chi connectivity index (χ0v) is 27.6. The molecule has 0 aliphatic heterocycles. The molecule has 0 aromatic carbocycles. The molecule has 1 rings (SSSR count). The lowest BCUT2D eigenvalue weighted by Crippen LogP contribution is -2.54. The number of hydrogen-bond acceptors (Lipinski definition) is 10. The first-order chi connectivity index (χ1) is 21.0. The zero-order chi connectivity index (χ0) is 34.2. The third kappa shape index (κ3) is 16.4. The molecule has 0 radical (unpaired) electrons. The van der Waals surface area contributed by atoms with E-state index in [-0.39, 0.29) is 30.9 Å². The van der Waals surface area contributed by atoms with E-state index in [0.29, 0.717) is 54.8 Å².